The summed E-state index contributed by atoms with van der Waals surface area (Å²) in [6, 6.07) is 18.3. The summed E-state index contributed by atoms with van der Waals surface area (Å²) in [7, 11) is 0. The van der Waals surface area contributed by atoms with Crippen molar-refractivity contribution < 1.29 is 9.53 Å². The predicted molar refractivity (Wildman–Crippen MR) is 187 cm³/mol. The molecule has 46 heavy (non-hydrogen) atoms. The molecule has 1 saturated carbocycles. The number of ether oxygens (including phenoxy) is 1. The van der Waals surface area contributed by atoms with E-state index in [-0.39, 0.29) is 28.3 Å². The predicted octanol–water partition coefficient (Wildman–Crippen LogP) is 8.80. The molecule has 5 aliphatic rings. The Labute approximate surface area is 278 Å². The fraction of sp³-hybridized carbons (Fsp3) is 0.595. The molecule has 1 unspecified atom stereocenters. The number of piperidine rings is 1. The van der Waals surface area contributed by atoms with Crippen molar-refractivity contribution in [3.63, 3.8) is 0 Å². The van der Waals surface area contributed by atoms with Crippen LogP contribution in [0.2, 0.25) is 0 Å². The molecule has 4 fully saturated rings. The van der Waals surface area contributed by atoms with Crippen LogP contribution in [0, 0.1) is 29.1 Å². The van der Waals surface area contributed by atoms with E-state index in [4.69, 9.17) is 4.74 Å². The smallest absolute Gasteiger partial charge is 0.235 e. The van der Waals surface area contributed by atoms with Crippen molar-refractivity contribution in [3.05, 3.63) is 94.7 Å². The third-order valence-corrected chi connectivity index (χ3v) is 12.7. The Balaban J connectivity index is 1.08. The van der Waals surface area contributed by atoms with Gasteiger partial charge in [-0.05, 0) is 95.6 Å². The van der Waals surface area contributed by atoms with E-state index in [2.05, 4.69) is 125 Å². The van der Waals surface area contributed by atoms with Gasteiger partial charge in [0.25, 0.3) is 0 Å². The second kappa shape index (κ2) is 11.8. The summed E-state index contributed by atoms with van der Waals surface area (Å²) in [5.74, 6) is 2.49. The van der Waals surface area contributed by atoms with Gasteiger partial charge in [0.2, 0.25) is 5.91 Å². The first-order chi connectivity index (χ1) is 21.9. The van der Waals surface area contributed by atoms with Crippen LogP contribution in [0.3, 0.4) is 0 Å². The van der Waals surface area contributed by atoms with Gasteiger partial charge in [-0.1, -0.05) is 109 Å². The van der Waals surface area contributed by atoms with Crippen molar-refractivity contribution in [1.82, 2.24) is 9.80 Å². The Kier molecular flexibility index (Phi) is 8.16. The van der Waals surface area contributed by atoms with Gasteiger partial charge in [-0.3, -0.25) is 9.69 Å². The molecular weight excluding hydrogens is 564 g/mol. The van der Waals surface area contributed by atoms with Crippen molar-refractivity contribution in [2.24, 2.45) is 29.1 Å². The quantitative estimate of drug-likeness (QED) is 0.335. The minimum atomic E-state index is -0.310. The Morgan fingerprint density at radius 3 is 2.20 bits per heavy atom. The van der Waals surface area contributed by atoms with Gasteiger partial charge in [0, 0.05) is 24.2 Å². The Bertz CT molecular complexity index is 1490. The number of carbonyl (C=O) groups is 1. The summed E-state index contributed by atoms with van der Waals surface area (Å²) in [4.78, 5) is 19.8. The summed E-state index contributed by atoms with van der Waals surface area (Å²) < 4.78 is 6.70. The van der Waals surface area contributed by atoms with Crippen LogP contribution in [-0.2, 0) is 33.5 Å². The highest BCUT2D eigenvalue weighted by atomic mass is 16.5. The average molecular weight is 621 g/mol. The van der Waals surface area contributed by atoms with Crippen molar-refractivity contribution in [3.8, 4) is 0 Å². The van der Waals surface area contributed by atoms with E-state index >= 15 is 0 Å². The molecule has 3 aliphatic heterocycles. The van der Waals surface area contributed by atoms with Gasteiger partial charge in [-0.15, -0.1) is 0 Å². The minimum absolute atomic E-state index is 0.123. The van der Waals surface area contributed by atoms with Gasteiger partial charge < -0.3 is 9.64 Å². The number of hydrogen-bond donors (Lipinski definition) is 0. The minimum Gasteiger partial charge on any atom is -0.373 e. The fourth-order valence-corrected chi connectivity index (χ4v) is 9.85. The van der Waals surface area contributed by atoms with Gasteiger partial charge in [0.1, 0.15) is 0 Å². The molecule has 7 atom stereocenters. The van der Waals surface area contributed by atoms with Gasteiger partial charge in [0.05, 0.1) is 24.7 Å². The lowest BCUT2D eigenvalue weighted by Gasteiger charge is -2.51. The van der Waals surface area contributed by atoms with Crippen LogP contribution in [0.4, 0.5) is 0 Å². The van der Waals surface area contributed by atoms with Gasteiger partial charge in [0.15, 0.2) is 0 Å². The van der Waals surface area contributed by atoms with Gasteiger partial charge in [-0.2, -0.15) is 0 Å². The van der Waals surface area contributed by atoms with E-state index in [1.807, 2.05) is 0 Å². The number of benzene rings is 2. The summed E-state index contributed by atoms with van der Waals surface area (Å²) in [6.07, 6.45) is 12.5. The molecule has 2 aromatic rings. The molecule has 4 heteroatoms. The molecule has 1 amide bonds. The van der Waals surface area contributed by atoms with E-state index in [9.17, 15) is 4.79 Å². The first-order valence-corrected chi connectivity index (χ1v) is 18.1. The molecule has 2 aliphatic carbocycles. The molecule has 3 saturated heterocycles. The van der Waals surface area contributed by atoms with Crippen LogP contribution in [0.25, 0.3) is 0 Å². The molecule has 4 nitrogen and oxygen atoms in total. The first-order valence-electron chi connectivity index (χ1n) is 18.1. The van der Waals surface area contributed by atoms with Gasteiger partial charge >= 0.3 is 0 Å². The highest BCUT2D eigenvalue weighted by Crippen LogP contribution is 2.60. The molecule has 1 spiro atoms. The zero-order valence-corrected chi connectivity index (χ0v) is 29.4. The lowest BCUT2D eigenvalue weighted by atomic mass is 9.60. The lowest BCUT2D eigenvalue weighted by molar-refractivity contribution is -0.141. The fourth-order valence-electron chi connectivity index (χ4n) is 9.85. The normalized spacial score (nSPS) is 32.8. The Hall–Kier alpha value is -2.69. The van der Waals surface area contributed by atoms with E-state index in [1.165, 1.54) is 34.4 Å². The zero-order valence-electron chi connectivity index (χ0n) is 29.4. The van der Waals surface area contributed by atoms with Crippen molar-refractivity contribution in [2.45, 2.75) is 117 Å². The summed E-state index contributed by atoms with van der Waals surface area (Å²) >= 11 is 0. The Morgan fingerprint density at radius 1 is 0.891 bits per heavy atom. The topological polar surface area (TPSA) is 32.8 Å². The number of likely N-dealkylation sites (tertiary alicyclic amines) is 1. The largest absolute Gasteiger partial charge is 0.373 e. The molecular formula is C42H56N2O2. The van der Waals surface area contributed by atoms with Crippen LogP contribution in [0.1, 0.15) is 103 Å². The van der Waals surface area contributed by atoms with Crippen molar-refractivity contribution in [1.29, 1.82) is 0 Å². The number of carbonyl (C=O) groups excluding carboxylic acids is 1. The SMILES string of the molecule is C[C@@H]1[C@H]2C[C@@H]3N(CC[C@@]34C(=O)N(Cc3ccc(C(C)(C)C)cc3)C3=CC=CCC34)C[C@@H]2CC[C@@H]1OCc1ccc(C(C)(C)C)cc1. The maximum Gasteiger partial charge on any atom is 0.235 e. The number of allylic oxidation sites excluding steroid dienone is 4. The monoisotopic (exact) mass is 620 g/mol. The van der Waals surface area contributed by atoms with Crippen molar-refractivity contribution >= 4 is 5.91 Å². The molecule has 0 radical (unpaired) electrons. The maximum atomic E-state index is 14.8. The highest BCUT2D eigenvalue weighted by Gasteiger charge is 2.65. The molecule has 0 bridgehead atoms. The number of hydrogen-bond acceptors (Lipinski definition) is 3. The van der Waals surface area contributed by atoms with E-state index in [0.717, 1.165) is 38.8 Å². The van der Waals surface area contributed by atoms with E-state index < -0.39 is 0 Å². The van der Waals surface area contributed by atoms with Crippen LogP contribution in [0.15, 0.2) is 72.5 Å². The number of nitrogens with zero attached hydrogens (tertiary/aromatic N) is 2. The number of amides is 1. The molecule has 0 aromatic heterocycles. The second-order valence-electron chi connectivity index (χ2n) is 17.3. The second-order valence-corrected chi connectivity index (χ2v) is 17.3. The third kappa shape index (κ3) is 5.52. The first kappa shape index (κ1) is 31.9. The highest BCUT2D eigenvalue weighted by molar-refractivity contribution is 5.90. The zero-order chi connectivity index (χ0) is 32.4. The maximum absolute atomic E-state index is 14.8. The van der Waals surface area contributed by atoms with Crippen LogP contribution >= 0.6 is 0 Å². The van der Waals surface area contributed by atoms with Crippen molar-refractivity contribution in [2.75, 3.05) is 13.1 Å². The van der Waals surface area contributed by atoms with E-state index in [1.54, 1.807) is 0 Å². The summed E-state index contributed by atoms with van der Waals surface area (Å²) in [5, 5.41) is 0. The van der Waals surface area contributed by atoms with Crippen LogP contribution in [0.5, 0.6) is 0 Å². The molecule has 3 heterocycles. The molecule has 2 aromatic carbocycles. The van der Waals surface area contributed by atoms with Gasteiger partial charge in [-0.25, -0.2) is 0 Å². The van der Waals surface area contributed by atoms with E-state index in [0.29, 0.717) is 42.9 Å². The summed E-state index contributed by atoms with van der Waals surface area (Å²) in [6.45, 7) is 19.6. The average Bonchev–Trinajstić information content (AvgIpc) is 3.51. The molecule has 7 rings (SSSR count). The molecule has 246 valence electrons. The summed E-state index contributed by atoms with van der Waals surface area (Å²) in [5.41, 5.74) is 6.43. The standard InChI is InChI=1S/C42H56N2O2/c1-28-34-24-38-42(35-10-8-9-11-36(35)44(39(42)45)25-29-12-17-32(18-13-29)40(2,3)4)22-23-43(38)26-31(34)16-21-37(28)46-27-30-14-19-33(20-15-30)41(5,6)7/h8-9,11-15,17-20,28,31,34-35,37-38H,10,16,21-27H2,1-7H3/t28-,31+,34-,35?,37+,38+,42+/m1/s1. The van der Waals surface area contributed by atoms with Crippen LogP contribution < -0.4 is 0 Å². The lowest BCUT2D eigenvalue weighted by Crippen LogP contribution is -2.56. The third-order valence-electron chi connectivity index (χ3n) is 12.7. The number of fused-ring (bicyclic) bond motifs is 5. The Morgan fingerprint density at radius 2 is 1.54 bits per heavy atom. The van der Waals surface area contributed by atoms with Crippen LogP contribution in [-0.4, -0.2) is 40.9 Å². The molecule has 0 N–H and O–H groups in total. The number of rotatable bonds is 5.